The lowest BCUT2D eigenvalue weighted by Crippen LogP contribution is -2.46. The number of piperidine rings is 1. The monoisotopic (exact) mass is 371 g/mol. The smallest absolute Gasteiger partial charge is 0.387 e. The SMILES string of the molecule is COc1cc(C(=O)N2CCCC(C(=O)NCCN)C2)ccc1OC(F)F. The molecule has 1 aliphatic heterocycles. The lowest BCUT2D eigenvalue weighted by atomic mass is 9.96. The first-order chi connectivity index (χ1) is 12.5. The number of hydrogen-bond acceptors (Lipinski definition) is 5. The van der Waals surface area contributed by atoms with Gasteiger partial charge in [-0.1, -0.05) is 0 Å². The van der Waals surface area contributed by atoms with Crippen molar-refractivity contribution in [3.63, 3.8) is 0 Å². The maximum atomic E-state index is 12.7. The standard InChI is InChI=1S/C17H23F2N3O4/c1-25-14-9-11(4-5-13(14)26-17(18)19)16(24)22-8-2-3-12(10-22)15(23)21-7-6-20/h4-5,9,12,17H,2-3,6-8,10,20H2,1H3,(H,21,23). The fraction of sp³-hybridized carbons (Fsp3) is 0.529. The van der Waals surface area contributed by atoms with Crippen LogP contribution in [0.3, 0.4) is 0 Å². The highest BCUT2D eigenvalue weighted by molar-refractivity contribution is 5.95. The number of ether oxygens (including phenoxy) is 2. The first-order valence-electron chi connectivity index (χ1n) is 8.36. The number of nitrogens with one attached hydrogen (secondary N) is 1. The molecule has 0 saturated carbocycles. The molecule has 1 saturated heterocycles. The van der Waals surface area contributed by atoms with Gasteiger partial charge in [-0.05, 0) is 31.0 Å². The number of methoxy groups -OCH3 is 1. The Morgan fingerprint density at radius 2 is 2.15 bits per heavy atom. The van der Waals surface area contributed by atoms with Crippen molar-refractivity contribution < 1.29 is 27.8 Å². The van der Waals surface area contributed by atoms with Crippen molar-refractivity contribution in [3.8, 4) is 11.5 Å². The molecule has 0 bridgehead atoms. The number of amides is 2. The van der Waals surface area contributed by atoms with Gasteiger partial charge in [-0.2, -0.15) is 8.78 Å². The van der Waals surface area contributed by atoms with Crippen molar-refractivity contribution >= 4 is 11.8 Å². The van der Waals surface area contributed by atoms with E-state index in [9.17, 15) is 18.4 Å². The molecule has 2 rings (SSSR count). The van der Waals surface area contributed by atoms with E-state index in [1.165, 1.54) is 25.3 Å². The molecular weight excluding hydrogens is 348 g/mol. The van der Waals surface area contributed by atoms with E-state index < -0.39 is 6.61 Å². The number of carbonyl (C=O) groups excluding carboxylic acids is 2. The van der Waals surface area contributed by atoms with E-state index in [2.05, 4.69) is 10.1 Å². The Labute approximate surface area is 150 Å². The van der Waals surface area contributed by atoms with E-state index >= 15 is 0 Å². The van der Waals surface area contributed by atoms with Crippen molar-refractivity contribution in [1.82, 2.24) is 10.2 Å². The van der Waals surface area contributed by atoms with E-state index in [1.54, 1.807) is 4.90 Å². The van der Waals surface area contributed by atoms with Gasteiger partial charge in [0.05, 0.1) is 13.0 Å². The Morgan fingerprint density at radius 1 is 1.38 bits per heavy atom. The van der Waals surface area contributed by atoms with Crippen LogP contribution in [0.2, 0.25) is 0 Å². The second-order valence-electron chi connectivity index (χ2n) is 5.91. The highest BCUT2D eigenvalue weighted by Crippen LogP contribution is 2.30. The third-order valence-corrected chi connectivity index (χ3v) is 4.15. The number of alkyl halides is 2. The van der Waals surface area contributed by atoms with E-state index in [0.29, 0.717) is 39.0 Å². The molecule has 0 aliphatic carbocycles. The Bertz CT molecular complexity index is 642. The molecule has 26 heavy (non-hydrogen) atoms. The van der Waals surface area contributed by atoms with Gasteiger partial charge in [0.25, 0.3) is 5.91 Å². The summed E-state index contributed by atoms with van der Waals surface area (Å²) in [7, 11) is 1.31. The molecular formula is C17H23F2N3O4. The van der Waals surface area contributed by atoms with Crippen molar-refractivity contribution in [3.05, 3.63) is 23.8 Å². The van der Waals surface area contributed by atoms with Crippen LogP contribution < -0.4 is 20.5 Å². The predicted octanol–water partition coefficient (Wildman–Crippen LogP) is 1.22. The molecule has 1 atom stereocenters. The molecule has 1 heterocycles. The van der Waals surface area contributed by atoms with Gasteiger partial charge in [0.15, 0.2) is 11.5 Å². The Kier molecular flexibility index (Phi) is 7.14. The molecule has 9 heteroatoms. The fourth-order valence-corrected chi connectivity index (χ4v) is 2.89. The zero-order chi connectivity index (χ0) is 19.1. The Balaban J connectivity index is 2.09. The molecule has 2 amide bonds. The van der Waals surface area contributed by atoms with Crippen LogP contribution in [0.5, 0.6) is 11.5 Å². The van der Waals surface area contributed by atoms with Gasteiger partial charge in [0.1, 0.15) is 0 Å². The van der Waals surface area contributed by atoms with Crippen LogP contribution in [0.1, 0.15) is 23.2 Å². The van der Waals surface area contributed by atoms with Crippen molar-refractivity contribution in [2.45, 2.75) is 19.5 Å². The number of nitrogens with two attached hydrogens (primary N) is 1. The number of carbonyl (C=O) groups is 2. The van der Waals surface area contributed by atoms with Gasteiger partial charge in [-0.15, -0.1) is 0 Å². The molecule has 144 valence electrons. The normalized spacial score (nSPS) is 17.1. The van der Waals surface area contributed by atoms with Crippen molar-refractivity contribution in [2.24, 2.45) is 11.7 Å². The lowest BCUT2D eigenvalue weighted by Gasteiger charge is -2.32. The largest absolute Gasteiger partial charge is 0.493 e. The minimum atomic E-state index is -2.99. The molecule has 1 aliphatic rings. The summed E-state index contributed by atoms with van der Waals surface area (Å²) in [5, 5.41) is 2.74. The van der Waals surface area contributed by atoms with Gasteiger partial charge in [-0.3, -0.25) is 9.59 Å². The zero-order valence-electron chi connectivity index (χ0n) is 14.5. The molecule has 1 aromatic rings. The average Bonchev–Trinajstić information content (AvgIpc) is 2.65. The third kappa shape index (κ3) is 5.04. The van der Waals surface area contributed by atoms with Gasteiger partial charge < -0.3 is 25.4 Å². The van der Waals surface area contributed by atoms with Gasteiger partial charge >= 0.3 is 6.61 Å². The summed E-state index contributed by atoms with van der Waals surface area (Å²) in [5.74, 6) is -0.792. The summed E-state index contributed by atoms with van der Waals surface area (Å²) in [6.45, 7) is -1.41. The second kappa shape index (κ2) is 9.33. The van der Waals surface area contributed by atoms with E-state index in [1.807, 2.05) is 0 Å². The zero-order valence-corrected chi connectivity index (χ0v) is 14.5. The van der Waals surface area contributed by atoms with Gasteiger partial charge in [-0.25, -0.2) is 0 Å². The van der Waals surface area contributed by atoms with Gasteiger partial charge in [0.2, 0.25) is 5.91 Å². The predicted molar refractivity (Wildman–Crippen MR) is 90.3 cm³/mol. The topological polar surface area (TPSA) is 93.9 Å². The summed E-state index contributed by atoms with van der Waals surface area (Å²) < 4.78 is 34.2. The quantitative estimate of drug-likeness (QED) is 0.752. The fourth-order valence-electron chi connectivity index (χ4n) is 2.89. The number of likely N-dealkylation sites (tertiary alicyclic amines) is 1. The molecule has 1 aromatic carbocycles. The molecule has 0 aromatic heterocycles. The molecule has 3 N–H and O–H groups in total. The first kappa shape index (κ1) is 19.9. The third-order valence-electron chi connectivity index (χ3n) is 4.15. The molecule has 1 unspecified atom stereocenters. The maximum absolute atomic E-state index is 12.7. The summed E-state index contributed by atoms with van der Waals surface area (Å²) in [6, 6.07) is 4.03. The number of nitrogens with zero attached hydrogens (tertiary/aromatic N) is 1. The summed E-state index contributed by atoms with van der Waals surface area (Å²) >= 11 is 0. The highest BCUT2D eigenvalue weighted by Gasteiger charge is 2.29. The average molecular weight is 371 g/mol. The number of hydrogen-bond donors (Lipinski definition) is 2. The van der Waals surface area contributed by atoms with Crippen LogP contribution in [-0.4, -0.2) is 56.6 Å². The summed E-state index contributed by atoms with van der Waals surface area (Å²) in [4.78, 5) is 26.4. The van der Waals surface area contributed by atoms with Crippen LogP contribution >= 0.6 is 0 Å². The van der Waals surface area contributed by atoms with Gasteiger partial charge in [0, 0.05) is 31.7 Å². The number of halogens is 2. The molecule has 1 fully saturated rings. The van der Waals surface area contributed by atoms with Crippen LogP contribution in [0.25, 0.3) is 0 Å². The molecule has 7 nitrogen and oxygen atoms in total. The maximum Gasteiger partial charge on any atom is 0.387 e. The second-order valence-corrected chi connectivity index (χ2v) is 5.91. The van der Waals surface area contributed by atoms with Crippen molar-refractivity contribution in [2.75, 3.05) is 33.3 Å². The highest BCUT2D eigenvalue weighted by atomic mass is 19.3. The van der Waals surface area contributed by atoms with Crippen LogP contribution in [0, 0.1) is 5.92 Å². The lowest BCUT2D eigenvalue weighted by molar-refractivity contribution is -0.126. The molecule has 0 spiro atoms. The van der Waals surface area contributed by atoms with Crippen molar-refractivity contribution in [1.29, 1.82) is 0 Å². The number of benzene rings is 1. The number of rotatable bonds is 7. The van der Waals surface area contributed by atoms with E-state index in [0.717, 1.165) is 0 Å². The van der Waals surface area contributed by atoms with Crippen LogP contribution in [0.15, 0.2) is 18.2 Å². The summed E-state index contributed by atoms with van der Waals surface area (Å²) in [5.41, 5.74) is 5.66. The minimum Gasteiger partial charge on any atom is -0.493 e. The summed E-state index contributed by atoms with van der Waals surface area (Å²) in [6.07, 6.45) is 1.40. The van der Waals surface area contributed by atoms with Crippen LogP contribution in [0.4, 0.5) is 8.78 Å². The van der Waals surface area contributed by atoms with Crippen LogP contribution in [-0.2, 0) is 4.79 Å². The minimum absolute atomic E-state index is 0.0467. The molecule has 0 radical (unpaired) electrons. The van der Waals surface area contributed by atoms with E-state index in [4.69, 9.17) is 10.5 Å². The first-order valence-corrected chi connectivity index (χ1v) is 8.36. The Hall–Kier alpha value is -2.42. The Morgan fingerprint density at radius 3 is 2.81 bits per heavy atom. The van der Waals surface area contributed by atoms with E-state index in [-0.39, 0.29) is 34.8 Å².